The molecule has 0 aliphatic heterocycles. The maximum atomic E-state index is 5.78. The van der Waals surface area contributed by atoms with Crippen LogP contribution in [0, 0.1) is 0 Å². The lowest BCUT2D eigenvalue weighted by Gasteiger charge is -2.10. The van der Waals surface area contributed by atoms with Gasteiger partial charge in [0, 0.05) is 25.5 Å². The highest BCUT2D eigenvalue weighted by Crippen LogP contribution is 2.18. The van der Waals surface area contributed by atoms with Gasteiger partial charge in [0.1, 0.15) is 0 Å². The first-order valence-electron chi connectivity index (χ1n) is 6.15. The summed E-state index contributed by atoms with van der Waals surface area (Å²) in [6, 6.07) is 3.90. The van der Waals surface area contributed by atoms with E-state index in [-0.39, 0.29) is 0 Å². The van der Waals surface area contributed by atoms with Crippen LogP contribution in [-0.2, 0) is 6.54 Å². The molecule has 2 heterocycles. The fourth-order valence-electron chi connectivity index (χ4n) is 1.81. The van der Waals surface area contributed by atoms with Gasteiger partial charge in [0.2, 0.25) is 0 Å². The predicted molar refractivity (Wildman–Crippen MR) is 71.7 cm³/mol. The van der Waals surface area contributed by atoms with Crippen molar-refractivity contribution in [1.29, 1.82) is 0 Å². The minimum atomic E-state index is 0.446. The van der Waals surface area contributed by atoms with Crippen molar-refractivity contribution in [2.45, 2.75) is 13.0 Å². The summed E-state index contributed by atoms with van der Waals surface area (Å²) in [6.45, 7) is 2.16. The Hall–Kier alpha value is -1.59. The zero-order valence-electron chi connectivity index (χ0n) is 11.0. The topological polar surface area (TPSA) is 55.8 Å². The van der Waals surface area contributed by atoms with Crippen LogP contribution in [-0.4, -0.2) is 41.5 Å². The normalized spacial score (nSPS) is 11.3. The molecular weight excluding hydrogens is 228 g/mol. The summed E-state index contributed by atoms with van der Waals surface area (Å²) in [5.74, 6) is 0.816. The number of hydrogen-bond donors (Lipinski definition) is 1. The minimum absolute atomic E-state index is 0.446. The minimum Gasteiger partial charge on any atom is -0.490 e. The number of rotatable bonds is 6. The molecule has 0 aromatic carbocycles. The summed E-state index contributed by atoms with van der Waals surface area (Å²) in [5.41, 5.74) is 7.31. The van der Waals surface area contributed by atoms with Crippen LogP contribution in [0.25, 0.3) is 5.65 Å². The quantitative estimate of drug-likeness (QED) is 0.778. The Morgan fingerprint density at radius 3 is 3.00 bits per heavy atom. The van der Waals surface area contributed by atoms with Crippen molar-refractivity contribution in [3.8, 4) is 5.75 Å². The van der Waals surface area contributed by atoms with Gasteiger partial charge < -0.3 is 19.8 Å². The van der Waals surface area contributed by atoms with E-state index in [1.54, 1.807) is 0 Å². The van der Waals surface area contributed by atoms with E-state index in [0.29, 0.717) is 13.2 Å². The van der Waals surface area contributed by atoms with Gasteiger partial charge in [-0.25, -0.2) is 4.98 Å². The first kappa shape index (κ1) is 12.9. The largest absolute Gasteiger partial charge is 0.490 e. The number of ether oxygens (including phenoxy) is 1. The Morgan fingerprint density at radius 2 is 2.28 bits per heavy atom. The molecule has 0 fully saturated rings. The van der Waals surface area contributed by atoms with Crippen LogP contribution in [0.1, 0.15) is 12.1 Å². The summed E-state index contributed by atoms with van der Waals surface area (Å²) < 4.78 is 7.72. The first-order chi connectivity index (χ1) is 8.70. The van der Waals surface area contributed by atoms with Crippen molar-refractivity contribution in [2.75, 3.05) is 27.2 Å². The van der Waals surface area contributed by atoms with Gasteiger partial charge in [-0.3, -0.25) is 0 Å². The molecule has 0 aliphatic rings. The predicted octanol–water partition coefficient (Wildman–Crippen LogP) is 1.12. The van der Waals surface area contributed by atoms with E-state index in [1.807, 2.05) is 28.9 Å². The number of nitrogens with two attached hydrogens (primary N) is 1. The summed E-state index contributed by atoms with van der Waals surface area (Å²) in [4.78, 5) is 6.59. The maximum Gasteiger partial charge on any atom is 0.179 e. The lowest BCUT2D eigenvalue weighted by molar-refractivity contribution is 0.283. The number of imidazole rings is 1. The average molecular weight is 248 g/mol. The van der Waals surface area contributed by atoms with E-state index in [9.17, 15) is 0 Å². The number of fused-ring (bicyclic) bond motifs is 1. The highest BCUT2D eigenvalue weighted by molar-refractivity contribution is 5.54. The lowest BCUT2D eigenvalue weighted by Crippen LogP contribution is -2.15. The highest BCUT2D eigenvalue weighted by atomic mass is 16.5. The zero-order chi connectivity index (χ0) is 13.0. The maximum absolute atomic E-state index is 5.78. The van der Waals surface area contributed by atoms with Gasteiger partial charge in [0.05, 0.1) is 12.3 Å². The van der Waals surface area contributed by atoms with Crippen LogP contribution in [0.15, 0.2) is 24.5 Å². The fourth-order valence-corrected chi connectivity index (χ4v) is 1.81. The third-order valence-electron chi connectivity index (χ3n) is 2.71. The highest BCUT2D eigenvalue weighted by Gasteiger charge is 2.06. The monoisotopic (exact) mass is 248 g/mol. The van der Waals surface area contributed by atoms with Crippen LogP contribution in [0.2, 0.25) is 0 Å². The molecule has 0 aliphatic carbocycles. The molecule has 0 atom stereocenters. The average Bonchev–Trinajstić information content (AvgIpc) is 2.78. The smallest absolute Gasteiger partial charge is 0.179 e. The van der Waals surface area contributed by atoms with Crippen molar-refractivity contribution in [3.63, 3.8) is 0 Å². The van der Waals surface area contributed by atoms with E-state index in [0.717, 1.165) is 30.1 Å². The number of hydrogen-bond acceptors (Lipinski definition) is 4. The Morgan fingerprint density at radius 1 is 1.44 bits per heavy atom. The number of aromatic nitrogens is 2. The van der Waals surface area contributed by atoms with Crippen molar-refractivity contribution < 1.29 is 4.74 Å². The van der Waals surface area contributed by atoms with E-state index in [2.05, 4.69) is 24.0 Å². The Bertz CT molecular complexity index is 507. The van der Waals surface area contributed by atoms with Crippen molar-refractivity contribution in [1.82, 2.24) is 14.3 Å². The third kappa shape index (κ3) is 3.00. The van der Waals surface area contributed by atoms with E-state index >= 15 is 0 Å². The molecule has 5 heteroatoms. The molecule has 98 valence electrons. The van der Waals surface area contributed by atoms with Crippen LogP contribution in [0.4, 0.5) is 0 Å². The zero-order valence-corrected chi connectivity index (χ0v) is 11.0. The van der Waals surface area contributed by atoms with E-state index in [4.69, 9.17) is 10.5 Å². The van der Waals surface area contributed by atoms with Gasteiger partial charge in [-0.1, -0.05) is 0 Å². The molecule has 0 saturated carbocycles. The third-order valence-corrected chi connectivity index (χ3v) is 2.71. The van der Waals surface area contributed by atoms with Gasteiger partial charge in [-0.15, -0.1) is 0 Å². The Labute approximate surface area is 107 Å². The molecule has 2 aromatic rings. The van der Waals surface area contributed by atoms with Gasteiger partial charge in [0.15, 0.2) is 11.4 Å². The number of pyridine rings is 1. The number of nitrogens with zero attached hydrogens (tertiary/aromatic N) is 3. The van der Waals surface area contributed by atoms with Crippen LogP contribution >= 0.6 is 0 Å². The SMILES string of the molecule is CN(C)CCCOc1cccn2cc(CN)nc12. The first-order valence-corrected chi connectivity index (χ1v) is 6.15. The second kappa shape index (κ2) is 5.84. The fraction of sp³-hybridized carbons (Fsp3) is 0.462. The molecule has 0 saturated heterocycles. The van der Waals surface area contributed by atoms with Crippen LogP contribution in [0.5, 0.6) is 5.75 Å². The molecule has 0 radical (unpaired) electrons. The standard InChI is InChI=1S/C13H20N4O/c1-16(2)6-4-8-18-12-5-3-7-17-10-11(9-14)15-13(12)17/h3,5,7,10H,4,6,8-9,14H2,1-2H3. The summed E-state index contributed by atoms with van der Waals surface area (Å²) in [7, 11) is 4.12. The summed E-state index contributed by atoms with van der Waals surface area (Å²) >= 11 is 0. The Balaban J connectivity index is 2.05. The van der Waals surface area contributed by atoms with Crippen LogP contribution in [0.3, 0.4) is 0 Å². The van der Waals surface area contributed by atoms with Crippen LogP contribution < -0.4 is 10.5 Å². The molecule has 0 unspecified atom stereocenters. The Kier molecular flexibility index (Phi) is 4.17. The molecule has 2 N–H and O–H groups in total. The molecule has 0 amide bonds. The van der Waals surface area contributed by atoms with E-state index < -0.39 is 0 Å². The molecule has 2 rings (SSSR count). The van der Waals surface area contributed by atoms with Crippen molar-refractivity contribution >= 4 is 5.65 Å². The van der Waals surface area contributed by atoms with Gasteiger partial charge >= 0.3 is 0 Å². The second-order valence-corrected chi connectivity index (χ2v) is 4.54. The van der Waals surface area contributed by atoms with Crippen molar-refractivity contribution in [2.24, 2.45) is 5.73 Å². The molecule has 0 bridgehead atoms. The molecule has 0 spiro atoms. The van der Waals surface area contributed by atoms with Gasteiger partial charge in [-0.2, -0.15) is 0 Å². The summed E-state index contributed by atoms with van der Waals surface area (Å²) in [6.07, 6.45) is 4.88. The lowest BCUT2D eigenvalue weighted by atomic mass is 10.4. The summed E-state index contributed by atoms with van der Waals surface area (Å²) in [5, 5.41) is 0. The molecule has 18 heavy (non-hydrogen) atoms. The van der Waals surface area contributed by atoms with Gasteiger partial charge in [0.25, 0.3) is 0 Å². The molecule has 2 aromatic heterocycles. The van der Waals surface area contributed by atoms with E-state index in [1.165, 1.54) is 0 Å². The van der Waals surface area contributed by atoms with Crippen molar-refractivity contribution in [3.05, 3.63) is 30.2 Å². The molecule has 5 nitrogen and oxygen atoms in total. The second-order valence-electron chi connectivity index (χ2n) is 4.54. The van der Waals surface area contributed by atoms with Gasteiger partial charge in [-0.05, 0) is 32.6 Å². The molecular formula is C13H20N4O.